The molecule has 1 aliphatic rings. The number of piperidine rings is 1. The second-order valence-corrected chi connectivity index (χ2v) is 4.45. The highest BCUT2D eigenvalue weighted by Gasteiger charge is 2.19. The van der Waals surface area contributed by atoms with Gasteiger partial charge in [-0.1, -0.05) is 0 Å². The van der Waals surface area contributed by atoms with Gasteiger partial charge in [-0.25, -0.2) is 19.3 Å². The number of aromatic amines is 1. The average Bonchev–Trinajstić information content (AvgIpc) is 2.71. The molecule has 0 unspecified atom stereocenters. The lowest BCUT2D eigenvalue weighted by atomic mass is 10.1. The van der Waals surface area contributed by atoms with E-state index in [2.05, 4.69) is 15.2 Å². The molecule has 2 aromatic heterocycles. The Kier molecular flexibility index (Phi) is 2.39. The summed E-state index contributed by atoms with van der Waals surface area (Å²) in [5.74, 6) is 1.49. The normalized spacial score (nSPS) is 16.5. The zero-order chi connectivity index (χ0) is 12.7. The predicted molar refractivity (Wildman–Crippen MR) is 64.8 cm³/mol. The summed E-state index contributed by atoms with van der Waals surface area (Å²) in [6.07, 6.45) is 1.48. The largest absolute Gasteiger partial charge is 0.349 e. The van der Waals surface area contributed by atoms with E-state index in [4.69, 9.17) is 0 Å². The number of fused-ring (bicyclic) bond motifs is 1. The van der Waals surface area contributed by atoms with Crippen LogP contribution in [-0.2, 0) is 4.79 Å². The summed E-state index contributed by atoms with van der Waals surface area (Å²) < 4.78 is 1.41. The summed E-state index contributed by atoms with van der Waals surface area (Å²) in [6.45, 7) is 2.94. The van der Waals surface area contributed by atoms with Crippen molar-refractivity contribution in [2.75, 3.05) is 18.0 Å². The van der Waals surface area contributed by atoms with Crippen LogP contribution in [0.3, 0.4) is 0 Å². The summed E-state index contributed by atoms with van der Waals surface area (Å²) in [7, 11) is 0. The van der Waals surface area contributed by atoms with Crippen molar-refractivity contribution in [3.05, 3.63) is 22.4 Å². The Balaban J connectivity index is 2.07. The Morgan fingerprint density at radius 1 is 1.39 bits per heavy atom. The first-order valence-electron chi connectivity index (χ1n) is 5.86. The summed E-state index contributed by atoms with van der Waals surface area (Å²) in [6, 6.07) is 1.73. The van der Waals surface area contributed by atoms with Gasteiger partial charge in [-0.05, 0) is 13.3 Å². The van der Waals surface area contributed by atoms with Gasteiger partial charge in [0.15, 0.2) is 11.4 Å². The van der Waals surface area contributed by atoms with Gasteiger partial charge in [-0.2, -0.15) is 5.10 Å². The Hall–Kier alpha value is -2.18. The zero-order valence-corrected chi connectivity index (χ0v) is 10.0. The minimum absolute atomic E-state index is 0.222. The smallest absolute Gasteiger partial charge is 0.349 e. The maximum absolute atomic E-state index is 11.5. The van der Waals surface area contributed by atoms with E-state index in [0.717, 1.165) is 13.0 Å². The lowest BCUT2D eigenvalue weighted by molar-refractivity contribution is -0.118. The molecule has 1 aliphatic heterocycles. The first kappa shape index (κ1) is 10.9. The van der Waals surface area contributed by atoms with Crippen LogP contribution < -0.4 is 10.6 Å². The minimum Gasteiger partial charge on any atom is -0.349 e. The number of Topliss-reactive ketones (excluding diaryl/α,β-unsaturated/α-hetero) is 1. The molecule has 0 bridgehead atoms. The van der Waals surface area contributed by atoms with Crippen molar-refractivity contribution in [3.8, 4) is 0 Å². The molecule has 94 valence electrons. The van der Waals surface area contributed by atoms with E-state index in [1.165, 1.54) is 4.40 Å². The van der Waals surface area contributed by atoms with Crippen molar-refractivity contribution in [1.82, 2.24) is 19.6 Å². The number of hydrogen-bond donors (Lipinski definition) is 1. The second-order valence-electron chi connectivity index (χ2n) is 4.45. The Morgan fingerprint density at radius 2 is 2.22 bits per heavy atom. The fourth-order valence-electron chi connectivity index (χ4n) is 2.28. The van der Waals surface area contributed by atoms with Gasteiger partial charge in [0, 0.05) is 19.0 Å². The Bertz CT molecular complexity index is 672. The lowest BCUT2D eigenvalue weighted by Gasteiger charge is -2.26. The van der Waals surface area contributed by atoms with E-state index in [1.54, 1.807) is 13.0 Å². The fraction of sp³-hybridized carbons (Fsp3) is 0.455. The van der Waals surface area contributed by atoms with Gasteiger partial charge in [-0.15, -0.1) is 0 Å². The summed E-state index contributed by atoms with van der Waals surface area (Å²) in [5, 5.41) is 6.32. The van der Waals surface area contributed by atoms with Crippen molar-refractivity contribution >= 4 is 17.2 Å². The van der Waals surface area contributed by atoms with Crippen LogP contribution in [0, 0.1) is 6.92 Å². The molecular weight excluding hydrogens is 234 g/mol. The maximum atomic E-state index is 11.5. The van der Waals surface area contributed by atoms with Crippen LogP contribution in [0.15, 0.2) is 10.9 Å². The minimum atomic E-state index is -0.295. The molecule has 3 rings (SSSR count). The van der Waals surface area contributed by atoms with E-state index >= 15 is 0 Å². The topological polar surface area (TPSA) is 83.4 Å². The summed E-state index contributed by atoms with van der Waals surface area (Å²) in [5.41, 5.74) is 0.233. The number of aromatic nitrogens is 4. The molecule has 1 saturated heterocycles. The molecule has 0 saturated carbocycles. The van der Waals surface area contributed by atoms with Crippen LogP contribution in [-0.4, -0.2) is 38.5 Å². The molecular formula is C11H13N5O2. The number of H-pyrrole nitrogens is 1. The van der Waals surface area contributed by atoms with Gasteiger partial charge in [0.2, 0.25) is 0 Å². The van der Waals surface area contributed by atoms with Gasteiger partial charge < -0.3 is 4.90 Å². The Morgan fingerprint density at radius 3 is 3.00 bits per heavy atom. The van der Waals surface area contributed by atoms with E-state index in [1.807, 2.05) is 4.90 Å². The Labute approximate surface area is 102 Å². The standard InChI is InChI=1S/C11H13N5O2/c1-7-12-9(15-4-2-3-8(17)6-15)5-10-13-14-11(18)16(7)10/h5H,2-4,6H2,1H3,(H,14,18). The molecule has 0 aromatic carbocycles. The maximum Gasteiger partial charge on any atom is 0.349 e. The van der Waals surface area contributed by atoms with Crippen molar-refractivity contribution in [2.45, 2.75) is 19.8 Å². The van der Waals surface area contributed by atoms with E-state index in [-0.39, 0.29) is 11.5 Å². The first-order valence-corrected chi connectivity index (χ1v) is 5.86. The number of carbonyl (C=O) groups excluding carboxylic acids is 1. The fourth-order valence-corrected chi connectivity index (χ4v) is 2.28. The number of aryl methyl sites for hydroxylation is 1. The van der Waals surface area contributed by atoms with E-state index in [9.17, 15) is 9.59 Å². The molecule has 1 fully saturated rings. The number of nitrogens with zero attached hydrogens (tertiary/aromatic N) is 4. The number of ketones is 1. The first-order chi connectivity index (χ1) is 8.65. The molecule has 7 nitrogen and oxygen atoms in total. The SMILES string of the molecule is Cc1nc(N2CCCC(=O)C2)cc2n[nH]c(=O)n12. The number of carbonyl (C=O) groups is 1. The van der Waals surface area contributed by atoms with Crippen molar-refractivity contribution < 1.29 is 4.79 Å². The third kappa shape index (κ3) is 1.68. The highest BCUT2D eigenvalue weighted by Crippen LogP contribution is 2.17. The van der Waals surface area contributed by atoms with Gasteiger partial charge in [0.25, 0.3) is 0 Å². The second kappa shape index (κ2) is 3.94. The van der Waals surface area contributed by atoms with Gasteiger partial charge in [0.05, 0.1) is 6.54 Å². The van der Waals surface area contributed by atoms with Gasteiger partial charge in [-0.3, -0.25) is 4.79 Å². The van der Waals surface area contributed by atoms with Crippen molar-refractivity contribution in [3.63, 3.8) is 0 Å². The van der Waals surface area contributed by atoms with Crippen LogP contribution in [0.25, 0.3) is 5.65 Å². The summed E-state index contributed by atoms with van der Waals surface area (Å²) in [4.78, 5) is 29.2. The molecule has 3 heterocycles. The molecule has 0 spiro atoms. The van der Waals surface area contributed by atoms with Crippen LogP contribution in [0.4, 0.5) is 5.82 Å². The van der Waals surface area contributed by atoms with Gasteiger partial charge in [0.1, 0.15) is 11.6 Å². The van der Waals surface area contributed by atoms with Crippen LogP contribution >= 0.6 is 0 Å². The van der Waals surface area contributed by atoms with E-state index < -0.39 is 0 Å². The van der Waals surface area contributed by atoms with E-state index in [0.29, 0.717) is 30.3 Å². The molecule has 0 aliphatic carbocycles. The number of hydrogen-bond acceptors (Lipinski definition) is 5. The molecule has 0 amide bonds. The van der Waals surface area contributed by atoms with Crippen molar-refractivity contribution in [2.24, 2.45) is 0 Å². The highest BCUT2D eigenvalue weighted by molar-refractivity contribution is 5.84. The third-order valence-corrected chi connectivity index (χ3v) is 3.13. The van der Waals surface area contributed by atoms with Crippen LogP contribution in [0.2, 0.25) is 0 Å². The highest BCUT2D eigenvalue weighted by atomic mass is 16.1. The average molecular weight is 247 g/mol. The predicted octanol–water partition coefficient (Wildman–Crippen LogP) is -0.105. The monoisotopic (exact) mass is 247 g/mol. The lowest BCUT2D eigenvalue weighted by Crippen LogP contribution is -2.36. The van der Waals surface area contributed by atoms with Crippen molar-refractivity contribution in [1.29, 1.82) is 0 Å². The van der Waals surface area contributed by atoms with Crippen LogP contribution in [0.5, 0.6) is 0 Å². The number of anilines is 1. The van der Waals surface area contributed by atoms with Crippen LogP contribution in [0.1, 0.15) is 18.7 Å². The zero-order valence-electron chi connectivity index (χ0n) is 10.0. The quantitative estimate of drug-likeness (QED) is 0.760. The number of rotatable bonds is 1. The molecule has 7 heteroatoms. The molecule has 18 heavy (non-hydrogen) atoms. The molecule has 1 N–H and O–H groups in total. The molecule has 0 atom stereocenters. The summed E-state index contributed by atoms with van der Waals surface area (Å²) >= 11 is 0. The van der Waals surface area contributed by atoms with Gasteiger partial charge >= 0.3 is 5.69 Å². The third-order valence-electron chi connectivity index (χ3n) is 3.13. The molecule has 0 radical (unpaired) electrons. The molecule has 2 aromatic rings. The number of nitrogens with one attached hydrogen (secondary N) is 1.